The maximum Gasteiger partial charge on any atom is 0.239 e. The Labute approximate surface area is 126 Å². The van der Waals surface area contributed by atoms with Crippen LogP contribution in [0.1, 0.15) is 26.3 Å². The summed E-state index contributed by atoms with van der Waals surface area (Å²) in [6, 6.07) is 6.20. The number of rotatable bonds is 7. The van der Waals surface area contributed by atoms with Crippen molar-refractivity contribution >= 4 is 23.2 Å². The van der Waals surface area contributed by atoms with E-state index in [2.05, 4.69) is 24.5 Å². The third-order valence-electron chi connectivity index (χ3n) is 3.08. The van der Waals surface area contributed by atoms with Crippen LogP contribution in [0.5, 0.6) is 0 Å². The van der Waals surface area contributed by atoms with Crippen LogP contribution in [0.15, 0.2) is 18.2 Å². The zero-order valence-corrected chi connectivity index (χ0v) is 13.4. The molecule has 1 rings (SSSR count). The molecule has 0 heterocycles. The number of amides is 1. The lowest BCUT2D eigenvalue weighted by atomic mass is 10.1. The molecule has 1 aromatic rings. The Morgan fingerprint density at radius 3 is 2.65 bits per heavy atom. The van der Waals surface area contributed by atoms with Gasteiger partial charge in [0.25, 0.3) is 0 Å². The van der Waals surface area contributed by atoms with Gasteiger partial charge in [0.2, 0.25) is 5.91 Å². The molecule has 1 aromatic carbocycles. The number of hydrogen-bond donors (Lipinski definition) is 2. The van der Waals surface area contributed by atoms with E-state index in [1.54, 1.807) is 7.05 Å². The Hall–Kier alpha value is -1.26. The number of carbonyl (C=O) groups is 1. The molecule has 2 N–H and O–H groups in total. The van der Waals surface area contributed by atoms with Gasteiger partial charge in [-0.05, 0) is 30.7 Å². The lowest BCUT2D eigenvalue weighted by Gasteiger charge is -2.25. The summed E-state index contributed by atoms with van der Waals surface area (Å²) in [6.07, 6.45) is 0. The van der Waals surface area contributed by atoms with E-state index in [-0.39, 0.29) is 5.91 Å². The molecule has 0 saturated carbocycles. The Bertz CT molecular complexity index is 449. The summed E-state index contributed by atoms with van der Waals surface area (Å²) in [5, 5.41) is 6.76. The van der Waals surface area contributed by atoms with E-state index in [0.29, 0.717) is 17.6 Å². The lowest BCUT2D eigenvalue weighted by molar-refractivity contribution is -0.119. The van der Waals surface area contributed by atoms with Crippen LogP contribution < -0.4 is 15.5 Å². The third kappa shape index (κ3) is 5.02. The van der Waals surface area contributed by atoms with E-state index in [0.717, 1.165) is 24.3 Å². The van der Waals surface area contributed by atoms with E-state index in [1.807, 2.05) is 30.0 Å². The molecule has 112 valence electrons. The van der Waals surface area contributed by atoms with Crippen molar-refractivity contribution in [1.82, 2.24) is 10.6 Å². The van der Waals surface area contributed by atoms with Crippen molar-refractivity contribution in [1.29, 1.82) is 0 Å². The highest BCUT2D eigenvalue weighted by Gasteiger charge is 2.13. The van der Waals surface area contributed by atoms with Gasteiger partial charge in [-0.1, -0.05) is 25.4 Å². The minimum absolute atomic E-state index is 0.00423. The number of anilines is 1. The predicted molar refractivity (Wildman–Crippen MR) is 85.4 cm³/mol. The second kappa shape index (κ2) is 8.12. The van der Waals surface area contributed by atoms with Crippen LogP contribution in [0, 0.1) is 0 Å². The summed E-state index contributed by atoms with van der Waals surface area (Å²) >= 11 is 6.09. The van der Waals surface area contributed by atoms with Gasteiger partial charge in [-0.25, -0.2) is 0 Å². The third-order valence-corrected chi connectivity index (χ3v) is 3.31. The second-order valence-electron chi connectivity index (χ2n) is 5.00. The normalized spacial score (nSPS) is 10.7. The lowest BCUT2D eigenvalue weighted by Crippen LogP contribution is -2.36. The Kier molecular flexibility index (Phi) is 6.82. The second-order valence-corrected chi connectivity index (χ2v) is 5.43. The zero-order valence-electron chi connectivity index (χ0n) is 12.7. The average molecular weight is 298 g/mol. The van der Waals surface area contributed by atoms with Crippen molar-refractivity contribution in [2.75, 3.05) is 25.0 Å². The first-order valence-corrected chi connectivity index (χ1v) is 7.33. The Morgan fingerprint density at radius 2 is 2.10 bits per heavy atom. The van der Waals surface area contributed by atoms with Crippen LogP contribution in [0.25, 0.3) is 0 Å². The molecule has 0 radical (unpaired) electrons. The van der Waals surface area contributed by atoms with Crippen molar-refractivity contribution in [3.8, 4) is 0 Å². The number of nitrogens with one attached hydrogen (secondary N) is 2. The van der Waals surface area contributed by atoms with Crippen LogP contribution in [0.3, 0.4) is 0 Å². The van der Waals surface area contributed by atoms with Gasteiger partial charge in [-0.3, -0.25) is 4.79 Å². The maximum absolute atomic E-state index is 11.6. The topological polar surface area (TPSA) is 44.4 Å². The average Bonchev–Trinajstić information content (AvgIpc) is 2.42. The molecule has 0 saturated heterocycles. The van der Waals surface area contributed by atoms with Crippen molar-refractivity contribution in [3.63, 3.8) is 0 Å². The van der Waals surface area contributed by atoms with Crippen LogP contribution in [0.2, 0.25) is 5.02 Å². The van der Waals surface area contributed by atoms with Crippen LogP contribution in [-0.4, -0.2) is 32.1 Å². The number of nitrogens with zero attached hydrogens (tertiary/aromatic N) is 1. The fraction of sp³-hybridized carbons (Fsp3) is 0.533. The predicted octanol–water partition coefficient (Wildman–Crippen LogP) is 2.41. The molecule has 0 aliphatic rings. The summed E-state index contributed by atoms with van der Waals surface area (Å²) in [5.74, 6) is 0.00423. The molecule has 0 aromatic heterocycles. The minimum Gasteiger partial charge on any atom is -0.362 e. The number of likely N-dealkylation sites (N-methyl/N-ethyl adjacent to an activating group) is 2. The molecule has 0 aliphatic heterocycles. The van der Waals surface area contributed by atoms with Gasteiger partial charge >= 0.3 is 0 Å². The first-order valence-electron chi connectivity index (χ1n) is 6.95. The Balaban J connectivity index is 2.97. The van der Waals surface area contributed by atoms with Crippen molar-refractivity contribution in [2.24, 2.45) is 0 Å². The summed E-state index contributed by atoms with van der Waals surface area (Å²) in [5.41, 5.74) is 2.16. The number of halogens is 1. The van der Waals surface area contributed by atoms with E-state index >= 15 is 0 Å². The molecule has 0 bridgehead atoms. The van der Waals surface area contributed by atoms with Crippen LogP contribution in [-0.2, 0) is 11.3 Å². The van der Waals surface area contributed by atoms with Gasteiger partial charge in [-0.15, -0.1) is 0 Å². The molecule has 0 unspecified atom stereocenters. The largest absolute Gasteiger partial charge is 0.362 e. The van der Waals surface area contributed by atoms with Crippen LogP contribution in [0.4, 0.5) is 5.69 Å². The molecular weight excluding hydrogens is 274 g/mol. The molecule has 1 amide bonds. The molecule has 0 atom stereocenters. The summed E-state index contributed by atoms with van der Waals surface area (Å²) < 4.78 is 0. The van der Waals surface area contributed by atoms with E-state index < -0.39 is 0 Å². The fourth-order valence-corrected chi connectivity index (χ4v) is 2.13. The van der Waals surface area contributed by atoms with Gasteiger partial charge in [0.05, 0.1) is 6.54 Å². The van der Waals surface area contributed by atoms with Gasteiger partial charge in [0.15, 0.2) is 0 Å². The number of hydrogen-bond acceptors (Lipinski definition) is 3. The van der Waals surface area contributed by atoms with Crippen molar-refractivity contribution < 1.29 is 4.79 Å². The van der Waals surface area contributed by atoms with Crippen LogP contribution >= 0.6 is 11.6 Å². The number of benzene rings is 1. The van der Waals surface area contributed by atoms with Crippen molar-refractivity contribution in [3.05, 3.63) is 28.8 Å². The highest BCUT2D eigenvalue weighted by Crippen LogP contribution is 2.24. The minimum atomic E-state index is 0.00423. The van der Waals surface area contributed by atoms with E-state index in [9.17, 15) is 4.79 Å². The maximum atomic E-state index is 11.6. The summed E-state index contributed by atoms with van der Waals surface area (Å²) in [6.45, 7) is 8.10. The molecule has 0 spiro atoms. The molecule has 20 heavy (non-hydrogen) atoms. The zero-order chi connectivity index (χ0) is 15.1. The van der Waals surface area contributed by atoms with Gasteiger partial charge < -0.3 is 15.5 Å². The highest BCUT2D eigenvalue weighted by atomic mass is 35.5. The molecule has 5 heteroatoms. The smallest absolute Gasteiger partial charge is 0.239 e. The molecular formula is C15H24ClN3O. The molecule has 0 aliphatic carbocycles. The fourth-order valence-electron chi connectivity index (χ4n) is 1.94. The van der Waals surface area contributed by atoms with Crippen molar-refractivity contribution in [2.45, 2.75) is 33.4 Å². The van der Waals surface area contributed by atoms with Gasteiger partial charge in [0, 0.05) is 36.9 Å². The molecule has 4 nitrogen and oxygen atoms in total. The monoisotopic (exact) mass is 297 g/mol. The Morgan fingerprint density at radius 1 is 1.40 bits per heavy atom. The van der Waals surface area contributed by atoms with Gasteiger partial charge in [0.1, 0.15) is 0 Å². The standard InChI is InChI=1S/C15H24ClN3O/c1-5-19(10-15(20)17-4)14-7-6-13(16)8-12(14)9-18-11(2)3/h6-8,11,18H,5,9-10H2,1-4H3,(H,17,20). The first-order chi connectivity index (χ1) is 9.47. The summed E-state index contributed by atoms with van der Waals surface area (Å²) in [4.78, 5) is 13.7. The van der Waals surface area contributed by atoms with Gasteiger partial charge in [-0.2, -0.15) is 0 Å². The number of carbonyl (C=O) groups excluding carboxylic acids is 1. The highest BCUT2D eigenvalue weighted by molar-refractivity contribution is 6.30. The first kappa shape index (κ1) is 16.8. The summed E-state index contributed by atoms with van der Waals surface area (Å²) in [7, 11) is 1.65. The quantitative estimate of drug-likeness (QED) is 0.812. The SMILES string of the molecule is CCN(CC(=O)NC)c1ccc(Cl)cc1CNC(C)C. The molecule has 0 fully saturated rings. The van der Waals surface area contributed by atoms with E-state index in [1.165, 1.54) is 0 Å². The van der Waals surface area contributed by atoms with E-state index in [4.69, 9.17) is 11.6 Å².